The van der Waals surface area contributed by atoms with Crippen LogP contribution in [0.2, 0.25) is 0 Å². The quantitative estimate of drug-likeness (QED) is 0.602. The number of aryl methyl sites for hydroxylation is 3. The Morgan fingerprint density at radius 2 is 1.55 bits per heavy atom. The zero-order valence-electron chi connectivity index (χ0n) is 16.2. The number of carbonyl (C=O) groups excluding carboxylic acids is 1. The highest BCUT2D eigenvalue weighted by Crippen LogP contribution is 2.27. The Bertz CT molecular complexity index is 1070. The maximum atomic E-state index is 14.0. The fraction of sp³-hybridized carbons (Fsp3) is 0.200. The lowest BCUT2D eigenvalue weighted by atomic mass is 9.94. The summed E-state index contributed by atoms with van der Waals surface area (Å²) in [5.74, 6) is -1.99. The van der Waals surface area contributed by atoms with Gasteiger partial charge in [-0.1, -0.05) is 61.9 Å². The summed E-state index contributed by atoms with van der Waals surface area (Å²) in [6, 6.07) is 19.4. The fourth-order valence-corrected chi connectivity index (χ4v) is 3.39. The maximum Gasteiger partial charge on any atom is 0.141 e. The van der Waals surface area contributed by atoms with E-state index in [-0.39, 0.29) is 11.1 Å². The van der Waals surface area contributed by atoms with E-state index in [4.69, 9.17) is 5.26 Å². The molecular weight excluding hydrogens is 365 g/mol. The molecule has 146 valence electrons. The number of nitriles is 1. The summed E-state index contributed by atoms with van der Waals surface area (Å²) in [6.07, 6.45) is 3.72. The summed E-state index contributed by atoms with van der Waals surface area (Å²) in [5, 5.41) is 20.4. The summed E-state index contributed by atoms with van der Waals surface area (Å²) < 4.78 is 14.0. The van der Waals surface area contributed by atoms with Crippen molar-refractivity contribution in [1.82, 2.24) is 0 Å². The third kappa shape index (κ3) is 4.89. The number of aromatic carboxylic acids is 1. The number of hydrogen-bond donors (Lipinski definition) is 0. The van der Waals surface area contributed by atoms with Crippen LogP contribution in [0.4, 0.5) is 4.39 Å². The molecule has 0 saturated carbocycles. The summed E-state index contributed by atoms with van der Waals surface area (Å²) in [6.45, 7) is 2.15. The van der Waals surface area contributed by atoms with Gasteiger partial charge in [-0.2, -0.15) is 5.26 Å². The van der Waals surface area contributed by atoms with E-state index in [1.165, 1.54) is 29.3 Å². The van der Waals surface area contributed by atoms with Crippen LogP contribution in [0.1, 0.15) is 46.0 Å². The smallest absolute Gasteiger partial charge is 0.141 e. The minimum atomic E-state index is -1.32. The second kappa shape index (κ2) is 9.16. The van der Waals surface area contributed by atoms with Crippen LogP contribution in [0.5, 0.6) is 0 Å². The second-order valence-corrected chi connectivity index (χ2v) is 7.04. The molecule has 0 aliphatic heterocycles. The zero-order chi connectivity index (χ0) is 20.8. The zero-order valence-corrected chi connectivity index (χ0v) is 16.2. The van der Waals surface area contributed by atoms with E-state index in [2.05, 4.69) is 31.2 Å². The molecule has 3 nitrogen and oxygen atoms in total. The van der Waals surface area contributed by atoms with Gasteiger partial charge in [-0.15, -0.1) is 0 Å². The summed E-state index contributed by atoms with van der Waals surface area (Å²) in [5.41, 5.74) is 4.20. The van der Waals surface area contributed by atoms with Crippen molar-refractivity contribution in [3.63, 3.8) is 0 Å². The lowest BCUT2D eigenvalue weighted by molar-refractivity contribution is -0.254. The van der Waals surface area contributed by atoms with Crippen LogP contribution in [-0.2, 0) is 19.3 Å². The van der Waals surface area contributed by atoms with Crippen molar-refractivity contribution in [2.45, 2.75) is 32.6 Å². The molecule has 29 heavy (non-hydrogen) atoms. The van der Waals surface area contributed by atoms with Gasteiger partial charge in [0.15, 0.2) is 0 Å². The van der Waals surface area contributed by atoms with Gasteiger partial charge in [0.1, 0.15) is 11.9 Å². The molecule has 3 aromatic carbocycles. The number of carboxylic acid groups (broad SMARTS) is 1. The van der Waals surface area contributed by atoms with Crippen molar-refractivity contribution in [2.24, 2.45) is 0 Å². The lowest BCUT2D eigenvalue weighted by Gasteiger charge is -2.14. The molecule has 0 aliphatic rings. The normalized spacial score (nSPS) is 10.5. The maximum absolute atomic E-state index is 14.0. The van der Waals surface area contributed by atoms with Gasteiger partial charge in [-0.3, -0.25) is 0 Å². The van der Waals surface area contributed by atoms with E-state index >= 15 is 0 Å². The van der Waals surface area contributed by atoms with E-state index in [1.54, 1.807) is 24.3 Å². The number of rotatable bonds is 7. The number of nitrogens with zero attached hydrogens (tertiary/aromatic N) is 1. The van der Waals surface area contributed by atoms with E-state index in [1.807, 2.05) is 0 Å². The molecule has 0 N–H and O–H groups in total. The summed E-state index contributed by atoms with van der Waals surface area (Å²) in [4.78, 5) is 11.5. The van der Waals surface area contributed by atoms with Gasteiger partial charge in [0.25, 0.3) is 0 Å². The summed E-state index contributed by atoms with van der Waals surface area (Å²) in [7, 11) is 0. The molecule has 3 rings (SSSR count). The van der Waals surface area contributed by atoms with Gasteiger partial charge < -0.3 is 9.90 Å². The Morgan fingerprint density at radius 1 is 0.931 bits per heavy atom. The first-order chi connectivity index (χ1) is 14.0. The topological polar surface area (TPSA) is 63.9 Å². The average molecular weight is 386 g/mol. The highest BCUT2D eigenvalue weighted by Gasteiger charge is 2.11. The van der Waals surface area contributed by atoms with Crippen molar-refractivity contribution in [2.75, 3.05) is 0 Å². The molecule has 0 unspecified atom stereocenters. The van der Waals surface area contributed by atoms with Crippen molar-refractivity contribution in [3.05, 3.63) is 94.3 Å². The van der Waals surface area contributed by atoms with Crippen LogP contribution in [-0.4, -0.2) is 5.97 Å². The molecule has 3 aromatic rings. The third-order valence-electron chi connectivity index (χ3n) is 4.97. The molecule has 0 atom stereocenters. The van der Waals surface area contributed by atoms with Gasteiger partial charge in [0, 0.05) is 5.56 Å². The van der Waals surface area contributed by atoms with E-state index in [0.29, 0.717) is 11.1 Å². The molecule has 0 bridgehead atoms. The van der Waals surface area contributed by atoms with Crippen molar-refractivity contribution < 1.29 is 14.3 Å². The Hall–Kier alpha value is -3.45. The molecule has 0 heterocycles. The molecule has 0 fully saturated rings. The van der Waals surface area contributed by atoms with Crippen LogP contribution in [0, 0.1) is 17.1 Å². The lowest BCUT2D eigenvalue weighted by Crippen LogP contribution is -2.23. The Labute approximate surface area is 170 Å². The van der Waals surface area contributed by atoms with Crippen LogP contribution in [0.3, 0.4) is 0 Å². The molecule has 0 spiro atoms. The monoisotopic (exact) mass is 386 g/mol. The number of halogens is 1. The molecule has 0 aromatic heterocycles. The Morgan fingerprint density at radius 3 is 2.14 bits per heavy atom. The number of benzene rings is 3. The van der Waals surface area contributed by atoms with Crippen molar-refractivity contribution in [1.29, 1.82) is 5.26 Å². The fourth-order valence-electron chi connectivity index (χ4n) is 3.39. The first kappa shape index (κ1) is 20.3. The molecule has 0 radical (unpaired) electrons. The highest BCUT2D eigenvalue weighted by molar-refractivity contribution is 5.95. The van der Waals surface area contributed by atoms with Gasteiger partial charge in [0.05, 0.1) is 11.5 Å². The number of carboxylic acids is 1. The predicted octanol–water partition coefficient (Wildman–Crippen LogP) is 4.47. The first-order valence-corrected chi connectivity index (χ1v) is 9.64. The van der Waals surface area contributed by atoms with Crippen molar-refractivity contribution in [3.8, 4) is 17.2 Å². The number of hydrogen-bond acceptors (Lipinski definition) is 3. The highest BCUT2D eigenvalue weighted by atomic mass is 19.1. The average Bonchev–Trinajstić information content (AvgIpc) is 2.73. The molecule has 0 saturated heterocycles. The standard InChI is InChI=1S/C25H22FNO2/c1-2-3-17-4-6-18(7-5-17)8-9-19-10-13-22(25(28)29)23(14-19)20-11-12-21(16-27)24(26)15-20/h4-7,10-15H,2-3,8-9H2,1H3,(H,28,29)/p-1. The largest absolute Gasteiger partial charge is 0.545 e. The van der Waals surface area contributed by atoms with E-state index in [9.17, 15) is 14.3 Å². The Balaban J connectivity index is 1.86. The van der Waals surface area contributed by atoms with E-state index < -0.39 is 11.8 Å². The molecular formula is C25H21FNO2-. The van der Waals surface area contributed by atoms with E-state index in [0.717, 1.165) is 31.2 Å². The minimum Gasteiger partial charge on any atom is -0.545 e. The minimum absolute atomic E-state index is 0.00164. The van der Waals surface area contributed by atoms with Crippen LogP contribution < -0.4 is 5.11 Å². The SMILES string of the molecule is CCCc1ccc(CCc2ccc(C(=O)[O-])c(-c3ccc(C#N)c(F)c3)c2)cc1. The summed E-state index contributed by atoms with van der Waals surface area (Å²) >= 11 is 0. The van der Waals surface area contributed by atoms with Gasteiger partial charge in [0.2, 0.25) is 0 Å². The van der Waals surface area contributed by atoms with Crippen LogP contribution in [0.25, 0.3) is 11.1 Å². The van der Waals surface area contributed by atoms with Gasteiger partial charge in [-0.25, -0.2) is 4.39 Å². The van der Waals surface area contributed by atoms with Gasteiger partial charge in [-0.05, 0) is 59.2 Å². The first-order valence-electron chi connectivity index (χ1n) is 9.64. The third-order valence-corrected chi connectivity index (χ3v) is 4.97. The Kier molecular flexibility index (Phi) is 6.41. The molecule has 0 amide bonds. The van der Waals surface area contributed by atoms with Crippen LogP contribution >= 0.6 is 0 Å². The molecule has 4 heteroatoms. The van der Waals surface area contributed by atoms with Crippen LogP contribution in [0.15, 0.2) is 60.7 Å². The van der Waals surface area contributed by atoms with Crippen molar-refractivity contribution >= 4 is 5.97 Å². The number of carbonyl (C=O) groups is 1. The van der Waals surface area contributed by atoms with Gasteiger partial charge >= 0.3 is 0 Å². The second-order valence-electron chi connectivity index (χ2n) is 7.04. The predicted molar refractivity (Wildman–Crippen MR) is 109 cm³/mol. The molecule has 0 aliphatic carbocycles.